The van der Waals surface area contributed by atoms with E-state index in [9.17, 15) is 9.18 Å². The summed E-state index contributed by atoms with van der Waals surface area (Å²) in [5, 5.41) is 9.65. The highest BCUT2D eigenvalue weighted by molar-refractivity contribution is 9.09. The van der Waals surface area contributed by atoms with Crippen molar-refractivity contribution in [1.29, 1.82) is 0 Å². The first-order valence-corrected chi connectivity index (χ1v) is 5.52. The highest BCUT2D eigenvalue weighted by Crippen LogP contribution is 2.13. The van der Waals surface area contributed by atoms with E-state index in [1.54, 1.807) is 6.08 Å². The molecule has 0 radical (unpaired) electrons. The molecule has 0 saturated carbocycles. The molecule has 1 N–H and O–H groups in total. The van der Waals surface area contributed by atoms with Crippen LogP contribution in [0.5, 0.6) is 0 Å². The maximum Gasteiger partial charge on any atom is 0.336 e. The predicted octanol–water partition coefficient (Wildman–Crippen LogP) is 3.32. The Morgan fingerprint density at radius 2 is 2.27 bits per heavy atom. The summed E-state index contributed by atoms with van der Waals surface area (Å²) < 4.78 is 12.8. The lowest BCUT2D eigenvalue weighted by Crippen LogP contribution is -2.00. The van der Waals surface area contributed by atoms with Gasteiger partial charge in [-0.15, -0.1) is 0 Å². The van der Waals surface area contributed by atoms with Crippen molar-refractivity contribution in [3.05, 3.63) is 41.2 Å². The predicted molar refractivity (Wildman–Crippen MR) is 60.8 cm³/mol. The SMILES string of the molecule is O=C(O)c1cc(F)ccc1C=CCCBr. The highest BCUT2D eigenvalue weighted by Gasteiger charge is 2.08. The molecule has 0 aliphatic rings. The molecule has 1 aromatic carbocycles. The van der Waals surface area contributed by atoms with E-state index in [1.165, 1.54) is 12.1 Å². The number of carboxylic acid groups (broad SMARTS) is 1. The third-order valence-electron chi connectivity index (χ3n) is 1.82. The molecule has 0 unspecified atom stereocenters. The average molecular weight is 273 g/mol. The van der Waals surface area contributed by atoms with E-state index in [0.29, 0.717) is 5.56 Å². The van der Waals surface area contributed by atoms with Crippen LogP contribution in [-0.2, 0) is 0 Å². The normalized spacial score (nSPS) is 10.8. The Morgan fingerprint density at radius 3 is 2.87 bits per heavy atom. The molecule has 0 aromatic heterocycles. The van der Waals surface area contributed by atoms with Gasteiger partial charge in [0.15, 0.2) is 0 Å². The third kappa shape index (κ3) is 3.47. The Morgan fingerprint density at radius 1 is 1.53 bits per heavy atom. The van der Waals surface area contributed by atoms with Crippen molar-refractivity contribution in [2.75, 3.05) is 5.33 Å². The van der Waals surface area contributed by atoms with Gasteiger partial charge in [-0.1, -0.05) is 34.1 Å². The van der Waals surface area contributed by atoms with Gasteiger partial charge in [0.2, 0.25) is 0 Å². The van der Waals surface area contributed by atoms with Crippen molar-refractivity contribution in [2.24, 2.45) is 0 Å². The van der Waals surface area contributed by atoms with Gasteiger partial charge in [0.05, 0.1) is 5.56 Å². The number of hydrogen-bond acceptors (Lipinski definition) is 1. The molecule has 0 aliphatic carbocycles. The summed E-state index contributed by atoms with van der Waals surface area (Å²) in [4.78, 5) is 10.8. The third-order valence-corrected chi connectivity index (χ3v) is 2.28. The molecule has 0 amide bonds. The number of rotatable bonds is 4. The van der Waals surface area contributed by atoms with Crippen LogP contribution in [0.4, 0.5) is 4.39 Å². The van der Waals surface area contributed by atoms with E-state index in [-0.39, 0.29) is 5.56 Å². The van der Waals surface area contributed by atoms with Crippen molar-refractivity contribution >= 4 is 28.0 Å². The van der Waals surface area contributed by atoms with Gasteiger partial charge in [-0.3, -0.25) is 0 Å². The zero-order valence-electron chi connectivity index (χ0n) is 7.91. The van der Waals surface area contributed by atoms with Crippen LogP contribution in [0.15, 0.2) is 24.3 Å². The molecule has 2 nitrogen and oxygen atoms in total. The molecule has 4 heteroatoms. The Balaban J connectivity index is 3.01. The smallest absolute Gasteiger partial charge is 0.336 e. The summed E-state index contributed by atoms with van der Waals surface area (Å²) in [5.74, 6) is -1.65. The largest absolute Gasteiger partial charge is 0.478 e. The molecule has 0 aliphatic heterocycles. The zero-order valence-corrected chi connectivity index (χ0v) is 9.50. The van der Waals surface area contributed by atoms with Crippen LogP contribution < -0.4 is 0 Å². The topological polar surface area (TPSA) is 37.3 Å². The summed E-state index contributed by atoms with van der Waals surface area (Å²) in [6.07, 6.45) is 4.33. The van der Waals surface area contributed by atoms with E-state index in [1.807, 2.05) is 6.08 Å². The summed E-state index contributed by atoms with van der Waals surface area (Å²) in [5.41, 5.74) is 0.505. The molecule has 0 fully saturated rings. The van der Waals surface area contributed by atoms with E-state index in [4.69, 9.17) is 5.11 Å². The number of alkyl halides is 1. The fraction of sp³-hybridized carbons (Fsp3) is 0.182. The van der Waals surface area contributed by atoms with Crippen LogP contribution in [0.2, 0.25) is 0 Å². The summed E-state index contributed by atoms with van der Waals surface area (Å²) in [6.45, 7) is 0. The van der Waals surface area contributed by atoms with Crippen LogP contribution in [0, 0.1) is 5.82 Å². The Kier molecular flexibility index (Phi) is 4.49. The minimum atomic E-state index is -1.12. The number of benzene rings is 1. The zero-order chi connectivity index (χ0) is 11.3. The number of allylic oxidation sites excluding steroid dienone is 1. The number of hydrogen-bond donors (Lipinski definition) is 1. The molecule has 0 atom stereocenters. The van der Waals surface area contributed by atoms with Crippen molar-refractivity contribution in [3.63, 3.8) is 0 Å². The molecule has 0 bridgehead atoms. The van der Waals surface area contributed by atoms with Gasteiger partial charge in [-0.25, -0.2) is 9.18 Å². The average Bonchev–Trinajstić information content (AvgIpc) is 2.20. The molecule has 15 heavy (non-hydrogen) atoms. The van der Waals surface area contributed by atoms with E-state index in [0.717, 1.165) is 17.8 Å². The van der Waals surface area contributed by atoms with Gasteiger partial charge < -0.3 is 5.11 Å². The van der Waals surface area contributed by atoms with E-state index < -0.39 is 11.8 Å². The fourth-order valence-electron chi connectivity index (χ4n) is 1.13. The van der Waals surface area contributed by atoms with E-state index in [2.05, 4.69) is 15.9 Å². The molecule has 0 heterocycles. The molecular formula is C11H10BrFO2. The first kappa shape index (κ1) is 11.9. The minimum absolute atomic E-state index is 0.0131. The Hall–Kier alpha value is -1.16. The fourth-order valence-corrected chi connectivity index (χ4v) is 1.40. The summed E-state index contributed by atoms with van der Waals surface area (Å²) >= 11 is 3.25. The van der Waals surface area contributed by atoms with Gasteiger partial charge in [-0.05, 0) is 24.1 Å². The maximum absolute atomic E-state index is 12.8. The Bertz CT molecular complexity index is 388. The number of carboxylic acids is 1. The number of aromatic carboxylic acids is 1. The van der Waals surface area contributed by atoms with Gasteiger partial charge in [0.25, 0.3) is 0 Å². The van der Waals surface area contributed by atoms with Crippen LogP contribution in [0.3, 0.4) is 0 Å². The Labute approximate surface area is 95.6 Å². The van der Waals surface area contributed by atoms with Gasteiger partial charge in [0.1, 0.15) is 5.82 Å². The van der Waals surface area contributed by atoms with Crippen LogP contribution >= 0.6 is 15.9 Å². The number of halogens is 2. The number of carbonyl (C=O) groups is 1. The van der Waals surface area contributed by atoms with E-state index >= 15 is 0 Å². The molecular weight excluding hydrogens is 263 g/mol. The van der Waals surface area contributed by atoms with Crippen molar-refractivity contribution in [3.8, 4) is 0 Å². The second kappa shape index (κ2) is 5.66. The van der Waals surface area contributed by atoms with Gasteiger partial charge in [0, 0.05) is 5.33 Å². The van der Waals surface area contributed by atoms with Crippen molar-refractivity contribution in [1.82, 2.24) is 0 Å². The second-order valence-electron chi connectivity index (χ2n) is 2.92. The van der Waals surface area contributed by atoms with Crippen LogP contribution in [0.1, 0.15) is 22.3 Å². The maximum atomic E-state index is 12.8. The second-order valence-corrected chi connectivity index (χ2v) is 3.71. The van der Waals surface area contributed by atoms with Crippen LogP contribution in [-0.4, -0.2) is 16.4 Å². The lowest BCUT2D eigenvalue weighted by atomic mass is 10.1. The van der Waals surface area contributed by atoms with Crippen LogP contribution in [0.25, 0.3) is 6.08 Å². The first-order valence-electron chi connectivity index (χ1n) is 4.40. The molecule has 0 spiro atoms. The molecule has 80 valence electrons. The lowest BCUT2D eigenvalue weighted by Gasteiger charge is -2.00. The standard InChI is InChI=1S/C11H10BrFO2/c12-6-2-1-3-8-4-5-9(13)7-10(8)11(14)15/h1,3-5,7H,2,6H2,(H,14,15). The quantitative estimate of drug-likeness (QED) is 0.854. The highest BCUT2D eigenvalue weighted by atomic mass is 79.9. The first-order chi connectivity index (χ1) is 7.15. The summed E-state index contributed by atoms with van der Waals surface area (Å²) in [6, 6.07) is 3.74. The van der Waals surface area contributed by atoms with Gasteiger partial charge >= 0.3 is 5.97 Å². The molecule has 1 rings (SSSR count). The van der Waals surface area contributed by atoms with Crippen molar-refractivity contribution in [2.45, 2.75) is 6.42 Å². The molecule has 0 saturated heterocycles. The summed E-state index contributed by atoms with van der Waals surface area (Å²) in [7, 11) is 0. The molecule has 1 aromatic rings. The lowest BCUT2D eigenvalue weighted by molar-refractivity contribution is 0.0696. The minimum Gasteiger partial charge on any atom is -0.478 e. The van der Waals surface area contributed by atoms with Gasteiger partial charge in [-0.2, -0.15) is 0 Å². The monoisotopic (exact) mass is 272 g/mol. The van der Waals surface area contributed by atoms with Crippen molar-refractivity contribution < 1.29 is 14.3 Å².